The number of nitrogens with zero attached hydrogens (tertiary/aromatic N) is 2. The van der Waals surface area contributed by atoms with Crippen LogP contribution in [-0.2, 0) is 9.53 Å². The molecule has 0 bridgehead atoms. The number of aliphatic hydroxyl groups excluding tert-OH is 1. The Bertz CT molecular complexity index is 651. The van der Waals surface area contributed by atoms with Gasteiger partial charge in [-0.3, -0.25) is 14.3 Å². The lowest BCUT2D eigenvalue weighted by Gasteiger charge is -2.14. The maximum absolute atomic E-state index is 12.3. The van der Waals surface area contributed by atoms with E-state index in [0.717, 1.165) is 38.9 Å². The average Bonchev–Trinajstić information content (AvgIpc) is 3.38. The quantitative estimate of drug-likeness (QED) is 0.0458. The molecular weight excluding hydrogens is 532 g/mol. The molecule has 0 spiro atoms. The van der Waals surface area contributed by atoms with E-state index in [1.54, 1.807) is 0 Å². The third kappa shape index (κ3) is 23.9. The van der Waals surface area contributed by atoms with E-state index in [2.05, 4.69) is 23.3 Å². The molecule has 0 amide bonds. The molecule has 0 saturated heterocycles. The van der Waals surface area contributed by atoms with E-state index in [-0.39, 0.29) is 12.6 Å². The first-order chi connectivity index (χ1) is 21.2. The number of rotatable bonds is 33. The summed E-state index contributed by atoms with van der Waals surface area (Å²) in [5.41, 5.74) is 0. The Morgan fingerprint density at radius 3 is 1.51 bits per heavy atom. The van der Waals surface area contributed by atoms with Gasteiger partial charge in [-0.1, -0.05) is 168 Å². The van der Waals surface area contributed by atoms with Crippen molar-refractivity contribution in [2.75, 3.05) is 39.4 Å². The summed E-state index contributed by atoms with van der Waals surface area (Å²) in [6, 6.07) is 0. The monoisotopic (exact) mass is 608 g/mol. The van der Waals surface area contributed by atoms with E-state index in [1.807, 2.05) is 0 Å². The number of ether oxygens (including phenoxy) is 1. The third-order valence-electron chi connectivity index (χ3n) is 9.35. The summed E-state index contributed by atoms with van der Waals surface area (Å²) < 4.78 is 7.96. The Kier molecular flexibility index (Phi) is 28.7. The summed E-state index contributed by atoms with van der Waals surface area (Å²) in [6.45, 7) is 8.68. The molecular formula is C38H75N2O3+. The number of carbonyl (C=O) groups is 1. The molecule has 0 aliphatic carbocycles. The number of carbonyl (C=O) groups excluding carboxylic acids is 1. The van der Waals surface area contributed by atoms with Crippen LogP contribution in [0, 0.1) is 0 Å². The standard InChI is InChI=1S/C38H75N2O3/c1-3-5-7-9-11-13-15-17-19-21-23-25-27-29-37-39(33-35-41)31-32-40(37)34-36-43-38(42)30-28-26-24-22-20-18-16-14-12-10-8-6-4-2/h41H,3-36H2,1-2H3/q+1. The summed E-state index contributed by atoms with van der Waals surface area (Å²) in [6.07, 6.45) is 36.7. The van der Waals surface area contributed by atoms with E-state index < -0.39 is 0 Å². The molecule has 43 heavy (non-hydrogen) atoms. The van der Waals surface area contributed by atoms with E-state index in [9.17, 15) is 9.90 Å². The molecule has 1 heterocycles. The summed E-state index contributed by atoms with van der Waals surface area (Å²) in [4.78, 5) is 14.7. The molecule has 0 atom stereocenters. The molecule has 1 rings (SSSR count). The average molecular weight is 608 g/mol. The van der Waals surface area contributed by atoms with E-state index in [4.69, 9.17) is 4.74 Å². The van der Waals surface area contributed by atoms with Gasteiger partial charge in [0.1, 0.15) is 32.8 Å². The highest BCUT2D eigenvalue weighted by Gasteiger charge is 2.29. The number of β-amino-alcohol motifs (C(OH)–C–C–N with tert-alkyl or cyclic N) is 1. The fourth-order valence-corrected chi connectivity index (χ4v) is 6.55. The Balaban J connectivity index is 2.04. The van der Waals surface area contributed by atoms with Crippen LogP contribution in [0.4, 0.5) is 0 Å². The van der Waals surface area contributed by atoms with Gasteiger partial charge >= 0.3 is 5.97 Å². The van der Waals surface area contributed by atoms with Gasteiger partial charge in [-0.25, -0.2) is 0 Å². The van der Waals surface area contributed by atoms with Gasteiger partial charge < -0.3 is 9.84 Å². The minimum atomic E-state index is -0.0347. The molecule has 1 N–H and O–H groups in total. The van der Waals surface area contributed by atoms with Gasteiger partial charge in [-0.2, -0.15) is 0 Å². The Morgan fingerprint density at radius 1 is 0.651 bits per heavy atom. The van der Waals surface area contributed by atoms with Gasteiger partial charge in [0.05, 0.1) is 6.61 Å². The van der Waals surface area contributed by atoms with Crippen LogP contribution >= 0.6 is 0 Å². The second-order valence-corrected chi connectivity index (χ2v) is 13.3. The lowest BCUT2D eigenvalue weighted by Crippen LogP contribution is -2.33. The van der Waals surface area contributed by atoms with Crippen molar-refractivity contribution in [1.82, 2.24) is 4.90 Å². The summed E-state index contributed by atoms with van der Waals surface area (Å²) >= 11 is 0. The van der Waals surface area contributed by atoms with Crippen molar-refractivity contribution in [1.29, 1.82) is 0 Å². The molecule has 0 aromatic carbocycles. The minimum Gasteiger partial charge on any atom is -0.462 e. The highest BCUT2D eigenvalue weighted by atomic mass is 16.5. The number of amidine groups is 1. The number of hydrogen-bond donors (Lipinski definition) is 1. The maximum atomic E-state index is 12.3. The van der Waals surface area contributed by atoms with Crippen LogP contribution in [0.1, 0.15) is 194 Å². The predicted molar refractivity (Wildman–Crippen MR) is 185 cm³/mol. The summed E-state index contributed by atoms with van der Waals surface area (Å²) in [5, 5.41) is 9.54. The van der Waals surface area contributed by atoms with Crippen molar-refractivity contribution in [3.8, 4) is 0 Å². The molecule has 1 aliphatic rings. The number of esters is 1. The molecule has 0 aromatic rings. The van der Waals surface area contributed by atoms with Crippen molar-refractivity contribution in [2.45, 2.75) is 194 Å². The Hall–Kier alpha value is -1.10. The lowest BCUT2D eigenvalue weighted by atomic mass is 10.0. The maximum Gasteiger partial charge on any atom is 0.305 e. The van der Waals surface area contributed by atoms with Crippen molar-refractivity contribution < 1.29 is 19.2 Å². The fraction of sp³-hybridized carbons (Fsp3) is 0.947. The summed E-state index contributed by atoms with van der Waals surface area (Å²) in [7, 11) is 0. The smallest absolute Gasteiger partial charge is 0.305 e. The summed E-state index contributed by atoms with van der Waals surface area (Å²) in [5.74, 6) is 1.32. The molecule has 254 valence electrons. The highest BCUT2D eigenvalue weighted by molar-refractivity contribution is 5.78. The molecule has 1 aliphatic heterocycles. The van der Waals surface area contributed by atoms with Crippen LogP contribution in [0.5, 0.6) is 0 Å². The molecule has 0 radical (unpaired) electrons. The van der Waals surface area contributed by atoms with Crippen molar-refractivity contribution >= 4 is 11.8 Å². The number of aliphatic hydroxyl groups is 1. The first-order valence-electron chi connectivity index (χ1n) is 19.3. The molecule has 0 aromatic heterocycles. The van der Waals surface area contributed by atoms with Gasteiger partial charge in [-0.15, -0.1) is 0 Å². The topological polar surface area (TPSA) is 52.8 Å². The van der Waals surface area contributed by atoms with Gasteiger partial charge in [0.2, 0.25) is 5.84 Å². The first kappa shape index (κ1) is 39.9. The minimum absolute atomic E-state index is 0.0347. The van der Waals surface area contributed by atoms with Crippen LogP contribution in [0.2, 0.25) is 0 Å². The Morgan fingerprint density at radius 2 is 1.07 bits per heavy atom. The van der Waals surface area contributed by atoms with Crippen LogP contribution < -0.4 is 0 Å². The zero-order valence-electron chi connectivity index (χ0n) is 29.2. The second-order valence-electron chi connectivity index (χ2n) is 13.3. The molecule has 0 fully saturated rings. The largest absolute Gasteiger partial charge is 0.462 e. The third-order valence-corrected chi connectivity index (χ3v) is 9.35. The van der Waals surface area contributed by atoms with E-state index in [1.165, 1.54) is 160 Å². The first-order valence-corrected chi connectivity index (χ1v) is 19.3. The van der Waals surface area contributed by atoms with Crippen molar-refractivity contribution in [3.05, 3.63) is 0 Å². The molecule has 0 unspecified atom stereocenters. The number of hydrogen-bond acceptors (Lipinski definition) is 4. The zero-order chi connectivity index (χ0) is 31.1. The van der Waals surface area contributed by atoms with E-state index >= 15 is 0 Å². The zero-order valence-corrected chi connectivity index (χ0v) is 29.2. The molecule has 0 saturated carbocycles. The van der Waals surface area contributed by atoms with Crippen LogP contribution in [0.25, 0.3) is 0 Å². The van der Waals surface area contributed by atoms with Crippen LogP contribution in [0.3, 0.4) is 0 Å². The fourth-order valence-electron chi connectivity index (χ4n) is 6.55. The van der Waals surface area contributed by atoms with Crippen molar-refractivity contribution in [2.24, 2.45) is 0 Å². The van der Waals surface area contributed by atoms with Gasteiger partial charge in [0.25, 0.3) is 0 Å². The lowest BCUT2D eigenvalue weighted by molar-refractivity contribution is -0.521. The molecule has 5 heteroatoms. The predicted octanol–water partition coefficient (Wildman–Crippen LogP) is 10.2. The van der Waals surface area contributed by atoms with Gasteiger partial charge in [0.15, 0.2) is 0 Å². The normalized spacial score (nSPS) is 13.4. The van der Waals surface area contributed by atoms with Gasteiger partial charge in [0, 0.05) is 12.8 Å². The second kappa shape index (κ2) is 30.9. The van der Waals surface area contributed by atoms with Crippen LogP contribution in [-0.4, -0.2) is 65.8 Å². The Labute approximate surface area is 268 Å². The number of unbranched alkanes of at least 4 members (excludes halogenated alkanes) is 24. The molecule has 5 nitrogen and oxygen atoms in total. The highest BCUT2D eigenvalue weighted by Crippen LogP contribution is 2.16. The SMILES string of the molecule is CCCCCCCCCCCCCCCC(=O)OCCN1CC[N+](CCO)=C1CCCCCCCCCCCCCCC. The van der Waals surface area contributed by atoms with E-state index in [0.29, 0.717) is 19.6 Å². The van der Waals surface area contributed by atoms with Gasteiger partial charge in [-0.05, 0) is 12.8 Å². The van der Waals surface area contributed by atoms with Crippen molar-refractivity contribution in [3.63, 3.8) is 0 Å². The van der Waals surface area contributed by atoms with Crippen LogP contribution in [0.15, 0.2) is 0 Å².